The molecule has 0 spiro atoms. The fourth-order valence-electron chi connectivity index (χ4n) is 2.35. The first kappa shape index (κ1) is 14.6. The molecule has 2 rings (SSSR count). The number of halogens is 1. The van der Waals surface area contributed by atoms with E-state index in [2.05, 4.69) is 17.3 Å². The summed E-state index contributed by atoms with van der Waals surface area (Å²) in [4.78, 5) is 14.7. The molecule has 0 bridgehead atoms. The highest BCUT2D eigenvalue weighted by Crippen LogP contribution is 2.37. The number of nitrogens with one attached hydrogen (secondary N) is 1. The lowest BCUT2D eigenvalue weighted by molar-refractivity contribution is 0.0703. The molecule has 1 aliphatic heterocycles. The Hall–Kier alpha value is -0.780. The van der Waals surface area contributed by atoms with E-state index in [4.69, 9.17) is 11.6 Å². The SMILES string of the molecule is Cc1sc(C(=O)O)c(NCC2CCN(C)CC2)c1Cl. The van der Waals surface area contributed by atoms with E-state index < -0.39 is 5.97 Å². The van der Waals surface area contributed by atoms with Crippen molar-refractivity contribution in [2.45, 2.75) is 19.8 Å². The highest BCUT2D eigenvalue weighted by Gasteiger charge is 2.21. The van der Waals surface area contributed by atoms with E-state index in [9.17, 15) is 9.90 Å². The molecule has 0 amide bonds. The summed E-state index contributed by atoms with van der Waals surface area (Å²) in [7, 11) is 2.13. The zero-order valence-electron chi connectivity index (χ0n) is 11.2. The van der Waals surface area contributed by atoms with Crippen molar-refractivity contribution in [2.75, 3.05) is 32.0 Å². The number of hydrogen-bond acceptors (Lipinski definition) is 4. The van der Waals surface area contributed by atoms with Gasteiger partial charge in [0.05, 0.1) is 10.7 Å². The Morgan fingerprint density at radius 2 is 2.16 bits per heavy atom. The first-order valence-corrected chi connectivity index (χ1v) is 7.63. The molecule has 0 atom stereocenters. The normalized spacial score (nSPS) is 17.6. The molecule has 0 saturated carbocycles. The van der Waals surface area contributed by atoms with Gasteiger partial charge in [-0.2, -0.15) is 0 Å². The number of aryl methyl sites for hydroxylation is 1. The van der Waals surface area contributed by atoms with Gasteiger partial charge in [0.15, 0.2) is 0 Å². The smallest absolute Gasteiger partial charge is 0.348 e. The van der Waals surface area contributed by atoms with Gasteiger partial charge in [0, 0.05) is 11.4 Å². The van der Waals surface area contributed by atoms with Gasteiger partial charge < -0.3 is 15.3 Å². The summed E-state index contributed by atoms with van der Waals surface area (Å²) < 4.78 is 0. The molecule has 106 valence electrons. The summed E-state index contributed by atoms with van der Waals surface area (Å²) in [6, 6.07) is 0. The summed E-state index contributed by atoms with van der Waals surface area (Å²) in [6.07, 6.45) is 2.29. The fraction of sp³-hybridized carbons (Fsp3) is 0.615. The number of thiophene rings is 1. The van der Waals surface area contributed by atoms with Crippen LogP contribution < -0.4 is 5.32 Å². The van der Waals surface area contributed by atoms with Gasteiger partial charge in [-0.3, -0.25) is 0 Å². The second kappa shape index (κ2) is 6.11. The lowest BCUT2D eigenvalue weighted by atomic mass is 9.97. The third-order valence-electron chi connectivity index (χ3n) is 3.61. The summed E-state index contributed by atoms with van der Waals surface area (Å²) in [6.45, 7) is 4.85. The molecule has 1 saturated heterocycles. The average molecular weight is 303 g/mol. The Morgan fingerprint density at radius 1 is 1.53 bits per heavy atom. The molecule has 0 aromatic carbocycles. The first-order valence-electron chi connectivity index (χ1n) is 6.43. The Bertz CT molecular complexity index is 467. The third kappa shape index (κ3) is 3.41. The van der Waals surface area contributed by atoms with Gasteiger partial charge in [-0.25, -0.2) is 4.79 Å². The van der Waals surface area contributed by atoms with E-state index in [1.165, 1.54) is 11.3 Å². The fourth-order valence-corrected chi connectivity index (χ4v) is 3.54. The maximum absolute atomic E-state index is 11.2. The summed E-state index contributed by atoms with van der Waals surface area (Å²) in [5.74, 6) is -0.319. The van der Waals surface area contributed by atoms with Crippen molar-refractivity contribution < 1.29 is 9.90 Å². The molecule has 1 aromatic rings. The second-order valence-corrected chi connectivity index (χ2v) is 6.71. The number of anilines is 1. The summed E-state index contributed by atoms with van der Waals surface area (Å²) >= 11 is 7.41. The van der Waals surface area contributed by atoms with Crippen LogP contribution in [0.25, 0.3) is 0 Å². The Kier molecular flexibility index (Phi) is 4.71. The van der Waals surface area contributed by atoms with Gasteiger partial charge in [-0.1, -0.05) is 11.6 Å². The van der Waals surface area contributed by atoms with Gasteiger partial charge in [-0.05, 0) is 45.8 Å². The van der Waals surface area contributed by atoms with E-state index in [0.717, 1.165) is 37.4 Å². The van der Waals surface area contributed by atoms with Crippen LogP contribution in [0.15, 0.2) is 0 Å². The minimum absolute atomic E-state index is 0.315. The van der Waals surface area contributed by atoms with Crippen LogP contribution in [0.2, 0.25) is 5.02 Å². The number of piperidine rings is 1. The van der Waals surface area contributed by atoms with Gasteiger partial charge >= 0.3 is 5.97 Å². The minimum atomic E-state index is -0.911. The van der Waals surface area contributed by atoms with E-state index in [1.807, 2.05) is 6.92 Å². The van der Waals surface area contributed by atoms with Gasteiger partial charge in [0.25, 0.3) is 0 Å². The number of nitrogens with zero attached hydrogens (tertiary/aromatic N) is 1. The van der Waals surface area contributed by atoms with Gasteiger partial charge in [-0.15, -0.1) is 11.3 Å². The van der Waals surface area contributed by atoms with Crippen molar-refractivity contribution >= 4 is 34.6 Å². The maximum Gasteiger partial charge on any atom is 0.348 e. The Balaban J connectivity index is 2.01. The third-order valence-corrected chi connectivity index (χ3v) is 5.29. The standard InChI is InChI=1S/C13H19ClN2O2S/c1-8-10(14)11(12(19-8)13(17)18)15-7-9-3-5-16(2)6-4-9/h9,15H,3-7H2,1-2H3,(H,17,18). The number of aromatic carboxylic acids is 1. The summed E-state index contributed by atoms with van der Waals surface area (Å²) in [5, 5.41) is 13.0. The number of carboxylic acids is 1. The maximum atomic E-state index is 11.2. The molecule has 0 aliphatic carbocycles. The minimum Gasteiger partial charge on any atom is -0.477 e. The molecule has 4 nitrogen and oxygen atoms in total. The summed E-state index contributed by atoms with van der Waals surface area (Å²) in [5.41, 5.74) is 0.593. The lowest BCUT2D eigenvalue weighted by Crippen LogP contribution is -2.33. The van der Waals surface area contributed by atoms with E-state index in [-0.39, 0.29) is 0 Å². The molecule has 2 heterocycles. The van der Waals surface area contributed by atoms with Crippen molar-refractivity contribution in [3.05, 3.63) is 14.8 Å². The van der Waals surface area contributed by atoms with Gasteiger partial charge in [0.1, 0.15) is 4.88 Å². The van der Waals surface area contributed by atoms with Gasteiger partial charge in [0.2, 0.25) is 0 Å². The number of carbonyl (C=O) groups is 1. The molecule has 1 fully saturated rings. The van der Waals surface area contributed by atoms with Crippen molar-refractivity contribution in [2.24, 2.45) is 5.92 Å². The monoisotopic (exact) mass is 302 g/mol. The van der Waals surface area contributed by atoms with Crippen LogP contribution in [0, 0.1) is 12.8 Å². The highest BCUT2D eigenvalue weighted by atomic mass is 35.5. The Morgan fingerprint density at radius 3 is 2.74 bits per heavy atom. The van der Waals surface area contributed by atoms with E-state index >= 15 is 0 Å². The van der Waals surface area contributed by atoms with Crippen LogP contribution in [0.3, 0.4) is 0 Å². The second-order valence-electron chi connectivity index (χ2n) is 5.11. The van der Waals surface area contributed by atoms with Crippen LogP contribution in [-0.4, -0.2) is 42.7 Å². The Labute approximate surface area is 122 Å². The quantitative estimate of drug-likeness (QED) is 0.897. The molecular formula is C13H19ClN2O2S. The molecule has 2 N–H and O–H groups in total. The average Bonchev–Trinajstić information content (AvgIpc) is 2.66. The van der Waals surface area contributed by atoms with Crippen LogP contribution in [0.1, 0.15) is 27.4 Å². The molecule has 19 heavy (non-hydrogen) atoms. The topological polar surface area (TPSA) is 52.6 Å². The first-order chi connectivity index (χ1) is 8.99. The van der Waals surface area contributed by atoms with Crippen molar-refractivity contribution in [3.63, 3.8) is 0 Å². The van der Waals surface area contributed by atoms with E-state index in [0.29, 0.717) is 21.5 Å². The molecule has 0 radical (unpaired) electrons. The van der Waals surface area contributed by atoms with Crippen molar-refractivity contribution in [1.29, 1.82) is 0 Å². The predicted octanol–water partition coefficient (Wildman–Crippen LogP) is 3.16. The number of hydrogen-bond donors (Lipinski definition) is 2. The molecule has 0 unspecified atom stereocenters. The zero-order valence-corrected chi connectivity index (χ0v) is 12.8. The van der Waals surface area contributed by atoms with Crippen molar-refractivity contribution in [1.82, 2.24) is 4.90 Å². The van der Waals surface area contributed by atoms with Crippen molar-refractivity contribution in [3.8, 4) is 0 Å². The largest absolute Gasteiger partial charge is 0.477 e. The number of carboxylic acid groups (broad SMARTS) is 1. The van der Waals surface area contributed by atoms with Crippen LogP contribution >= 0.6 is 22.9 Å². The lowest BCUT2D eigenvalue weighted by Gasteiger charge is -2.29. The van der Waals surface area contributed by atoms with Crippen LogP contribution in [-0.2, 0) is 0 Å². The van der Waals surface area contributed by atoms with Crippen LogP contribution in [0.4, 0.5) is 5.69 Å². The number of likely N-dealkylation sites (tertiary alicyclic amines) is 1. The molecular weight excluding hydrogens is 284 g/mol. The zero-order chi connectivity index (χ0) is 14.0. The highest BCUT2D eigenvalue weighted by molar-refractivity contribution is 7.15. The molecule has 6 heteroatoms. The molecule has 1 aromatic heterocycles. The molecule has 1 aliphatic rings. The van der Waals surface area contributed by atoms with Crippen LogP contribution in [0.5, 0.6) is 0 Å². The number of rotatable bonds is 4. The predicted molar refractivity (Wildman–Crippen MR) is 79.7 cm³/mol. The van der Waals surface area contributed by atoms with E-state index in [1.54, 1.807) is 0 Å².